The third kappa shape index (κ3) is 2.79. The number of nitrogens with zero attached hydrogens (tertiary/aromatic N) is 1. The van der Waals surface area contributed by atoms with Crippen molar-refractivity contribution in [2.24, 2.45) is 0 Å². The van der Waals surface area contributed by atoms with Crippen LogP contribution in [0.15, 0.2) is 28.8 Å². The topological polar surface area (TPSA) is 93.2 Å². The van der Waals surface area contributed by atoms with E-state index in [0.717, 1.165) is 5.56 Å². The summed E-state index contributed by atoms with van der Waals surface area (Å²) in [5, 5.41) is 8.84. The van der Waals surface area contributed by atoms with Crippen LogP contribution in [0.4, 0.5) is 22.1 Å². The van der Waals surface area contributed by atoms with Gasteiger partial charge in [0.2, 0.25) is 5.88 Å². The monoisotopic (exact) mass is 246 g/mol. The lowest BCUT2D eigenvalue weighted by Gasteiger charge is -2.07. The summed E-state index contributed by atoms with van der Waals surface area (Å²) in [6, 6.07) is 6.53. The second-order valence-corrected chi connectivity index (χ2v) is 3.98. The molecule has 94 valence electrons. The van der Waals surface area contributed by atoms with Crippen molar-refractivity contribution < 1.29 is 9.32 Å². The molecule has 1 heterocycles. The van der Waals surface area contributed by atoms with E-state index in [4.69, 9.17) is 10.3 Å². The van der Waals surface area contributed by atoms with E-state index >= 15 is 0 Å². The van der Waals surface area contributed by atoms with E-state index in [9.17, 15) is 4.79 Å². The van der Waals surface area contributed by atoms with Crippen molar-refractivity contribution in [3.63, 3.8) is 0 Å². The van der Waals surface area contributed by atoms with Gasteiger partial charge in [0.05, 0.1) is 5.69 Å². The normalized spacial score (nSPS) is 10.1. The molecule has 0 aliphatic carbocycles. The van der Waals surface area contributed by atoms with Crippen molar-refractivity contribution in [3.05, 3.63) is 35.5 Å². The van der Waals surface area contributed by atoms with Gasteiger partial charge in [-0.15, -0.1) is 0 Å². The summed E-state index contributed by atoms with van der Waals surface area (Å²) in [6.45, 7) is 3.67. The number of aryl methyl sites for hydroxylation is 2. The van der Waals surface area contributed by atoms with Crippen molar-refractivity contribution in [1.82, 2.24) is 5.16 Å². The summed E-state index contributed by atoms with van der Waals surface area (Å²) >= 11 is 0. The molecular weight excluding hydrogens is 232 g/mol. The minimum Gasteiger partial charge on any atom is -0.398 e. The van der Waals surface area contributed by atoms with Gasteiger partial charge in [0.1, 0.15) is 0 Å². The number of nitrogens with one attached hydrogen (secondary N) is 2. The van der Waals surface area contributed by atoms with Crippen molar-refractivity contribution in [2.45, 2.75) is 13.8 Å². The minimum absolute atomic E-state index is 0.296. The van der Waals surface area contributed by atoms with Crippen LogP contribution in [0.1, 0.15) is 11.3 Å². The Bertz CT molecular complexity index is 577. The molecule has 4 N–H and O–H groups in total. The summed E-state index contributed by atoms with van der Waals surface area (Å²) in [5.41, 5.74) is 8.66. The van der Waals surface area contributed by atoms with Crippen LogP contribution in [-0.4, -0.2) is 11.2 Å². The van der Waals surface area contributed by atoms with Crippen LogP contribution < -0.4 is 16.4 Å². The van der Waals surface area contributed by atoms with Crippen LogP contribution >= 0.6 is 0 Å². The summed E-state index contributed by atoms with van der Waals surface area (Å²) in [6.07, 6.45) is 0. The van der Waals surface area contributed by atoms with Crippen molar-refractivity contribution in [2.75, 3.05) is 16.4 Å². The summed E-state index contributed by atoms with van der Waals surface area (Å²) in [5.74, 6) is 0.296. The zero-order valence-corrected chi connectivity index (χ0v) is 10.2. The Kier molecular flexibility index (Phi) is 3.18. The molecule has 0 spiro atoms. The highest BCUT2D eigenvalue weighted by Crippen LogP contribution is 2.17. The van der Waals surface area contributed by atoms with Crippen LogP contribution in [-0.2, 0) is 0 Å². The quantitative estimate of drug-likeness (QED) is 0.710. The van der Waals surface area contributed by atoms with Crippen LogP contribution in [0.2, 0.25) is 0 Å². The molecule has 6 nitrogen and oxygen atoms in total. The van der Waals surface area contributed by atoms with Gasteiger partial charge in [-0.25, -0.2) is 4.79 Å². The maximum absolute atomic E-state index is 11.6. The Morgan fingerprint density at radius 1 is 1.28 bits per heavy atom. The molecular formula is C12H14N4O2. The highest BCUT2D eigenvalue weighted by molar-refractivity contribution is 5.99. The van der Waals surface area contributed by atoms with E-state index in [2.05, 4.69) is 15.8 Å². The molecule has 2 amide bonds. The first-order chi connectivity index (χ1) is 8.54. The molecule has 2 rings (SSSR count). The van der Waals surface area contributed by atoms with Gasteiger partial charge in [-0.05, 0) is 31.5 Å². The Morgan fingerprint density at radius 2 is 2.06 bits per heavy atom. The van der Waals surface area contributed by atoms with E-state index < -0.39 is 6.03 Å². The van der Waals surface area contributed by atoms with Gasteiger partial charge in [0.25, 0.3) is 0 Å². The van der Waals surface area contributed by atoms with Gasteiger partial charge in [-0.1, -0.05) is 11.2 Å². The second kappa shape index (κ2) is 4.79. The van der Waals surface area contributed by atoms with E-state index in [0.29, 0.717) is 23.0 Å². The fourth-order valence-electron chi connectivity index (χ4n) is 1.41. The predicted molar refractivity (Wildman–Crippen MR) is 69.5 cm³/mol. The summed E-state index contributed by atoms with van der Waals surface area (Å²) in [7, 11) is 0. The molecule has 1 aromatic heterocycles. The number of hydrogen-bond donors (Lipinski definition) is 3. The van der Waals surface area contributed by atoms with Gasteiger partial charge >= 0.3 is 6.03 Å². The Labute approximate surface area is 104 Å². The number of carbonyl (C=O) groups is 1. The predicted octanol–water partition coefficient (Wildman–Crippen LogP) is 2.52. The molecule has 18 heavy (non-hydrogen) atoms. The van der Waals surface area contributed by atoms with Crippen LogP contribution in [0, 0.1) is 13.8 Å². The second-order valence-electron chi connectivity index (χ2n) is 3.98. The molecule has 0 saturated heterocycles. The first-order valence-electron chi connectivity index (χ1n) is 5.42. The maximum Gasteiger partial charge on any atom is 0.326 e. The van der Waals surface area contributed by atoms with Gasteiger partial charge in [0.15, 0.2) is 0 Å². The molecule has 0 atom stereocenters. The number of benzene rings is 1. The van der Waals surface area contributed by atoms with Gasteiger partial charge < -0.3 is 15.6 Å². The van der Waals surface area contributed by atoms with E-state index in [1.54, 1.807) is 25.1 Å². The minimum atomic E-state index is -0.408. The third-order valence-corrected chi connectivity index (χ3v) is 2.40. The number of urea groups is 1. The zero-order valence-electron chi connectivity index (χ0n) is 10.2. The Balaban J connectivity index is 2.00. The first kappa shape index (κ1) is 12.0. The van der Waals surface area contributed by atoms with Crippen LogP contribution in [0.25, 0.3) is 0 Å². The van der Waals surface area contributed by atoms with Crippen molar-refractivity contribution >= 4 is 23.3 Å². The largest absolute Gasteiger partial charge is 0.398 e. The number of nitrogen functional groups attached to an aromatic ring is 1. The molecule has 2 aromatic rings. The smallest absolute Gasteiger partial charge is 0.326 e. The molecule has 0 radical (unpaired) electrons. The number of aromatic nitrogens is 1. The number of hydrogen-bond acceptors (Lipinski definition) is 4. The fraction of sp³-hybridized carbons (Fsp3) is 0.167. The average molecular weight is 246 g/mol. The highest BCUT2D eigenvalue weighted by Gasteiger charge is 2.07. The Morgan fingerprint density at radius 3 is 2.67 bits per heavy atom. The summed E-state index contributed by atoms with van der Waals surface area (Å²) in [4.78, 5) is 11.6. The Hall–Kier alpha value is -2.50. The zero-order chi connectivity index (χ0) is 13.1. The molecule has 0 aliphatic rings. The van der Waals surface area contributed by atoms with Gasteiger partial charge in [-0.2, -0.15) is 0 Å². The highest BCUT2D eigenvalue weighted by atomic mass is 16.5. The number of anilines is 3. The SMILES string of the molecule is Cc1cc(NC(=O)Nc2ccc(C)c(N)c2)on1. The van der Waals surface area contributed by atoms with Crippen LogP contribution in [0.5, 0.6) is 0 Å². The molecule has 0 aliphatic heterocycles. The first-order valence-corrected chi connectivity index (χ1v) is 5.42. The average Bonchev–Trinajstić information content (AvgIpc) is 2.69. The van der Waals surface area contributed by atoms with Gasteiger partial charge in [0, 0.05) is 17.4 Å². The lowest BCUT2D eigenvalue weighted by molar-refractivity contribution is 0.261. The standard InChI is InChI=1S/C12H14N4O2/c1-7-3-4-9(6-10(7)13)14-12(17)15-11-5-8(2)16-18-11/h3-6H,13H2,1-2H3,(H2,14,15,17). The number of rotatable bonds is 2. The molecule has 0 saturated carbocycles. The van der Waals surface area contributed by atoms with Crippen molar-refractivity contribution in [1.29, 1.82) is 0 Å². The third-order valence-electron chi connectivity index (χ3n) is 2.40. The summed E-state index contributed by atoms with van der Waals surface area (Å²) < 4.78 is 4.87. The number of carbonyl (C=O) groups excluding carboxylic acids is 1. The molecule has 0 fully saturated rings. The van der Waals surface area contributed by atoms with Gasteiger partial charge in [-0.3, -0.25) is 5.32 Å². The fourth-order valence-corrected chi connectivity index (χ4v) is 1.41. The molecule has 1 aromatic carbocycles. The molecule has 6 heteroatoms. The van der Waals surface area contributed by atoms with E-state index in [1.165, 1.54) is 0 Å². The van der Waals surface area contributed by atoms with E-state index in [-0.39, 0.29) is 0 Å². The van der Waals surface area contributed by atoms with Crippen LogP contribution in [0.3, 0.4) is 0 Å². The number of nitrogens with two attached hydrogens (primary N) is 1. The van der Waals surface area contributed by atoms with E-state index in [1.807, 2.05) is 13.0 Å². The molecule has 0 unspecified atom stereocenters. The number of amides is 2. The maximum atomic E-state index is 11.6. The lowest BCUT2D eigenvalue weighted by Crippen LogP contribution is -2.19. The molecule has 0 bridgehead atoms. The van der Waals surface area contributed by atoms with Crippen molar-refractivity contribution in [3.8, 4) is 0 Å². The lowest BCUT2D eigenvalue weighted by atomic mass is 10.2.